The predicted octanol–water partition coefficient (Wildman–Crippen LogP) is 3.11. The van der Waals surface area contributed by atoms with Crippen molar-refractivity contribution in [3.8, 4) is 0 Å². The number of hydrogen-bond acceptors (Lipinski definition) is 4. The van der Waals surface area contributed by atoms with Crippen molar-refractivity contribution in [1.29, 1.82) is 0 Å². The molecule has 1 aromatic heterocycles. The molecule has 2 aromatic rings. The van der Waals surface area contributed by atoms with E-state index in [-0.39, 0.29) is 11.9 Å². The fourth-order valence-electron chi connectivity index (χ4n) is 2.78. The van der Waals surface area contributed by atoms with E-state index in [0.29, 0.717) is 12.4 Å². The molecule has 106 valence electrons. The Morgan fingerprint density at radius 3 is 3.10 bits per heavy atom. The van der Waals surface area contributed by atoms with Crippen LogP contribution in [0.4, 0.5) is 4.39 Å². The first kappa shape index (κ1) is 13.2. The lowest BCUT2D eigenvalue weighted by Gasteiger charge is -2.23. The number of hydrogen-bond donors (Lipinski definition) is 0. The van der Waals surface area contributed by atoms with E-state index in [1.54, 1.807) is 12.1 Å². The van der Waals surface area contributed by atoms with Gasteiger partial charge in [0.1, 0.15) is 5.82 Å². The summed E-state index contributed by atoms with van der Waals surface area (Å²) in [5.41, 5.74) is 1.03. The van der Waals surface area contributed by atoms with Crippen molar-refractivity contribution < 1.29 is 8.91 Å². The molecule has 5 heteroatoms. The zero-order valence-electron chi connectivity index (χ0n) is 11.6. The molecule has 1 aliphatic rings. The van der Waals surface area contributed by atoms with Crippen molar-refractivity contribution in [2.24, 2.45) is 0 Å². The molecule has 20 heavy (non-hydrogen) atoms. The highest BCUT2D eigenvalue weighted by Crippen LogP contribution is 2.33. The van der Waals surface area contributed by atoms with Gasteiger partial charge in [-0.2, -0.15) is 4.98 Å². The molecule has 1 saturated heterocycles. The van der Waals surface area contributed by atoms with Crippen molar-refractivity contribution >= 4 is 0 Å². The Labute approximate surface area is 117 Å². The van der Waals surface area contributed by atoms with E-state index in [4.69, 9.17) is 4.52 Å². The first-order valence-corrected chi connectivity index (χ1v) is 7.07. The van der Waals surface area contributed by atoms with Gasteiger partial charge in [-0.1, -0.05) is 24.2 Å². The summed E-state index contributed by atoms with van der Waals surface area (Å²) in [7, 11) is 0. The van der Waals surface area contributed by atoms with Gasteiger partial charge in [-0.15, -0.1) is 0 Å². The largest absolute Gasteiger partial charge is 0.338 e. The summed E-state index contributed by atoms with van der Waals surface area (Å²) in [6, 6.07) is 7.09. The zero-order valence-corrected chi connectivity index (χ0v) is 11.6. The molecular weight excluding hydrogens is 257 g/mol. The van der Waals surface area contributed by atoms with Crippen LogP contribution in [0.15, 0.2) is 28.8 Å². The minimum atomic E-state index is -0.180. The summed E-state index contributed by atoms with van der Waals surface area (Å²) in [4.78, 5) is 6.62. The van der Waals surface area contributed by atoms with Crippen LogP contribution in [0.25, 0.3) is 0 Å². The van der Waals surface area contributed by atoms with Crippen LogP contribution in [-0.4, -0.2) is 21.6 Å². The molecule has 1 atom stereocenters. The quantitative estimate of drug-likeness (QED) is 0.860. The number of rotatable bonds is 4. The van der Waals surface area contributed by atoms with E-state index < -0.39 is 0 Å². The monoisotopic (exact) mass is 275 g/mol. The predicted molar refractivity (Wildman–Crippen MR) is 72.5 cm³/mol. The second kappa shape index (κ2) is 5.71. The maximum atomic E-state index is 13.4. The van der Waals surface area contributed by atoms with Crippen molar-refractivity contribution in [2.75, 3.05) is 6.54 Å². The average Bonchev–Trinajstić information content (AvgIpc) is 3.08. The highest BCUT2D eigenvalue weighted by atomic mass is 19.1. The van der Waals surface area contributed by atoms with Crippen LogP contribution < -0.4 is 0 Å². The van der Waals surface area contributed by atoms with E-state index >= 15 is 0 Å². The number of nitrogens with zero attached hydrogens (tertiary/aromatic N) is 3. The fraction of sp³-hybridized carbons (Fsp3) is 0.467. The van der Waals surface area contributed by atoms with Crippen LogP contribution in [0, 0.1) is 5.82 Å². The van der Waals surface area contributed by atoms with Gasteiger partial charge in [-0.05, 0) is 37.1 Å². The smallest absolute Gasteiger partial charge is 0.240 e. The Kier molecular flexibility index (Phi) is 3.78. The summed E-state index contributed by atoms with van der Waals surface area (Å²) in [6.07, 6.45) is 2.92. The van der Waals surface area contributed by atoms with Crippen LogP contribution in [0.3, 0.4) is 0 Å². The van der Waals surface area contributed by atoms with Crippen molar-refractivity contribution in [3.63, 3.8) is 0 Å². The lowest BCUT2D eigenvalue weighted by atomic mass is 10.0. The van der Waals surface area contributed by atoms with Gasteiger partial charge < -0.3 is 4.52 Å². The Hall–Kier alpha value is -1.75. The van der Waals surface area contributed by atoms with Gasteiger partial charge in [-0.3, -0.25) is 4.90 Å². The topological polar surface area (TPSA) is 42.2 Å². The first-order chi connectivity index (χ1) is 9.76. The van der Waals surface area contributed by atoms with E-state index in [1.807, 2.05) is 13.0 Å². The van der Waals surface area contributed by atoms with Gasteiger partial charge in [-0.25, -0.2) is 4.39 Å². The second-order valence-electron chi connectivity index (χ2n) is 5.14. The maximum absolute atomic E-state index is 13.4. The normalized spacial score (nSPS) is 19.6. The summed E-state index contributed by atoms with van der Waals surface area (Å²) in [5, 5.41) is 3.92. The molecule has 0 bridgehead atoms. The van der Waals surface area contributed by atoms with Crippen molar-refractivity contribution in [3.05, 3.63) is 47.4 Å². The van der Waals surface area contributed by atoms with Crippen molar-refractivity contribution in [1.82, 2.24) is 15.0 Å². The Morgan fingerprint density at radius 2 is 2.35 bits per heavy atom. The third-order valence-electron chi connectivity index (χ3n) is 3.76. The summed E-state index contributed by atoms with van der Waals surface area (Å²) >= 11 is 0. The fourth-order valence-corrected chi connectivity index (χ4v) is 2.78. The van der Waals surface area contributed by atoms with E-state index in [0.717, 1.165) is 37.2 Å². The van der Waals surface area contributed by atoms with Crippen LogP contribution in [-0.2, 0) is 13.0 Å². The lowest BCUT2D eigenvalue weighted by Crippen LogP contribution is -2.23. The molecule has 1 aromatic carbocycles. The molecule has 3 rings (SSSR count). The SMILES string of the molecule is CCc1noc(CN2CCCC2c2cccc(F)c2)n1. The molecule has 1 aliphatic heterocycles. The molecule has 0 spiro atoms. The minimum Gasteiger partial charge on any atom is -0.338 e. The molecule has 1 unspecified atom stereocenters. The summed E-state index contributed by atoms with van der Waals surface area (Å²) in [6.45, 7) is 3.61. The third-order valence-corrected chi connectivity index (χ3v) is 3.76. The summed E-state index contributed by atoms with van der Waals surface area (Å²) < 4.78 is 18.6. The van der Waals surface area contributed by atoms with Crippen LogP contribution in [0.5, 0.6) is 0 Å². The Morgan fingerprint density at radius 1 is 1.45 bits per heavy atom. The maximum Gasteiger partial charge on any atom is 0.240 e. The van der Waals surface area contributed by atoms with E-state index in [2.05, 4.69) is 15.0 Å². The highest BCUT2D eigenvalue weighted by Gasteiger charge is 2.27. The zero-order chi connectivity index (χ0) is 13.9. The summed E-state index contributed by atoms with van der Waals surface area (Å²) in [5.74, 6) is 1.20. The van der Waals surface area contributed by atoms with Crippen molar-refractivity contribution in [2.45, 2.75) is 38.8 Å². The van der Waals surface area contributed by atoms with Crippen LogP contribution >= 0.6 is 0 Å². The van der Waals surface area contributed by atoms with Crippen LogP contribution in [0.1, 0.15) is 43.1 Å². The van der Waals surface area contributed by atoms with Crippen LogP contribution in [0.2, 0.25) is 0 Å². The Balaban J connectivity index is 1.75. The van der Waals surface area contributed by atoms with Gasteiger partial charge >= 0.3 is 0 Å². The Bertz CT molecular complexity index is 584. The van der Waals surface area contributed by atoms with Gasteiger partial charge in [0.2, 0.25) is 5.89 Å². The number of benzene rings is 1. The minimum absolute atomic E-state index is 0.180. The first-order valence-electron chi connectivity index (χ1n) is 7.07. The molecule has 0 amide bonds. The molecule has 0 aliphatic carbocycles. The standard InChI is InChI=1S/C15H18FN3O/c1-2-14-17-15(20-18-14)10-19-8-4-7-13(19)11-5-3-6-12(16)9-11/h3,5-6,9,13H,2,4,7-8,10H2,1H3. The number of aromatic nitrogens is 2. The third kappa shape index (κ3) is 2.72. The molecule has 0 radical (unpaired) electrons. The molecule has 0 N–H and O–H groups in total. The van der Waals surface area contributed by atoms with E-state index in [9.17, 15) is 4.39 Å². The number of aryl methyl sites for hydroxylation is 1. The molecule has 1 fully saturated rings. The second-order valence-corrected chi connectivity index (χ2v) is 5.14. The van der Waals surface area contributed by atoms with E-state index in [1.165, 1.54) is 6.07 Å². The van der Waals surface area contributed by atoms with Gasteiger partial charge in [0.25, 0.3) is 0 Å². The number of likely N-dealkylation sites (tertiary alicyclic amines) is 1. The highest BCUT2D eigenvalue weighted by molar-refractivity contribution is 5.21. The molecular formula is C15H18FN3O. The average molecular weight is 275 g/mol. The molecule has 2 heterocycles. The lowest BCUT2D eigenvalue weighted by molar-refractivity contribution is 0.212. The van der Waals surface area contributed by atoms with Gasteiger partial charge in [0, 0.05) is 12.5 Å². The molecule has 0 saturated carbocycles. The molecule has 4 nitrogen and oxygen atoms in total. The van der Waals surface area contributed by atoms with Gasteiger partial charge in [0.05, 0.1) is 6.54 Å². The number of halogens is 1. The van der Waals surface area contributed by atoms with Gasteiger partial charge in [0.15, 0.2) is 5.82 Å².